The number of carbonyl (C=O) groups excluding carboxylic acids is 2. The van der Waals surface area contributed by atoms with E-state index in [4.69, 9.17) is 9.47 Å². The van der Waals surface area contributed by atoms with E-state index < -0.39 is 35.5 Å². The number of aromatic hydroxyl groups is 4. The van der Waals surface area contributed by atoms with Gasteiger partial charge in [0.15, 0.2) is 17.6 Å². The number of phenolic OH excluding ortho intramolecular Hbond substituents is 4. The average molecular weight is 599 g/mol. The molecular weight excluding hydrogens is 548 g/mol. The molecule has 0 spiro atoms. The first-order valence-corrected chi connectivity index (χ1v) is 16.3. The molecule has 2 aromatic rings. The van der Waals surface area contributed by atoms with E-state index in [1.807, 2.05) is 0 Å². The molecule has 0 unspecified atom stereocenters. The van der Waals surface area contributed by atoms with E-state index in [2.05, 4.69) is 6.92 Å². The number of carbonyl (C=O) groups is 2. The van der Waals surface area contributed by atoms with E-state index >= 15 is 0 Å². The lowest BCUT2D eigenvalue weighted by atomic mass is 9.92. The van der Waals surface area contributed by atoms with Gasteiger partial charge in [0.2, 0.25) is 11.9 Å². The fourth-order valence-electron chi connectivity index (χ4n) is 5.68. The summed E-state index contributed by atoms with van der Waals surface area (Å²) < 4.78 is 11.5. The number of ether oxygens (including phenoxy) is 2. The van der Waals surface area contributed by atoms with E-state index in [1.165, 1.54) is 108 Å². The normalized spacial score (nSPS) is 16.1. The van der Waals surface area contributed by atoms with Crippen LogP contribution in [0.15, 0.2) is 30.3 Å². The van der Waals surface area contributed by atoms with Crippen LogP contribution in [0.3, 0.4) is 0 Å². The molecule has 0 radical (unpaired) electrons. The van der Waals surface area contributed by atoms with Crippen molar-refractivity contribution < 1.29 is 39.5 Å². The van der Waals surface area contributed by atoms with E-state index in [9.17, 15) is 30.0 Å². The minimum Gasteiger partial charge on any atom is -0.508 e. The number of ketones is 1. The van der Waals surface area contributed by atoms with Gasteiger partial charge < -0.3 is 29.9 Å². The minimum atomic E-state index is -1.41. The smallest absolute Gasteiger partial charge is 0.306 e. The minimum absolute atomic E-state index is 0.0690. The number of esters is 1. The average Bonchev–Trinajstić information content (AvgIpc) is 2.97. The third-order valence-corrected chi connectivity index (χ3v) is 8.17. The van der Waals surface area contributed by atoms with Gasteiger partial charge in [-0.1, -0.05) is 116 Å². The van der Waals surface area contributed by atoms with Gasteiger partial charge in [0, 0.05) is 24.1 Å². The van der Waals surface area contributed by atoms with E-state index in [-0.39, 0.29) is 34.8 Å². The second-order valence-corrected chi connectivity index (χ2v) is 11.8. The second-order valence-electron chi connectivity index (χ2n) is 11.8. The molecule has 2 atom stereocenters. The monoisotopic (exact) mass is 598 g/mol. The van der Waals surface area contributed by atoms with Gasteiger partial charge in [0.1, 0.15) is 22.8 Å². The Morgan fingerprint density at radius 1 is 0.698 bits per heavy atom. The molecule has 0 aromatic heterocycles. The molecule has 43 heavy (non-hydrogen) atoms. The summed E-state index contributed by atoms with van der Waals surface area (Å²) in [6.45, 7) is 2.26. The number of Topliss-reactive ketones (excluding diaryl/α,β-unsaturated/α-hetero) is 1. The number of rotatable bonds is 20. The predicted molar refractivity (Wildman–Crippen MR) is 166 cm³/mol. The van der Waals surface area contributed by atoms with Gasteiger partial charge in [-0.25, -0.2) is 0 Å². The number of hydrogen-bond acceptors (Lipinski definition) is 8. The van der Waals surface area contributed by atoms with Crippen molar-refractivity contribution >= 4 is 11.8 Å². The topological polar surface area (TPSA) is 134 Å². The maximum absolute atomic E-state index is 13.3. The first kappa shape index (κ1) is 34.1. The first-order chi connectivity index (χ1) is 20.8. The number of fused-ring (bicyclic) bond motifs is 1. The number of unbranched alkanes of at least 4 members (excludes halogenated alkanes) is 16. The fraction of sp³-hybridized carbons (Fsp3) is 0.600. The maximum Gasteiger partial charge on any atom is 0.306 e. The maximum atomic E-state index is 13.3. The zero-order chi connectivity index (χ0) is 31.0. The number of hydrogen-bond donors (Lipinski definition) is 4. The van der Waals surface area contributed by atoms with Crippen molar-refractivity contribution in [3.63, 3.8) is 0 Å². The second kappa shape index (κ2) is 18.3. The highest BCUT2D eigenvalue weighted by Gasteiger charge is 2.43. The van der Waals surface area contributed by atoms with Crippen molar-refractivity contribution in [2.45, 2.75) is 135 Å². The van der Waals surface area contributed by atoms with Crippen LogP contribution < -0.4 is 4.74 Å². The molecule has 0 aliphatic carbocycles. The summed E-state index contributed by atoms with van der Waals surface area (Å²) in [7, 11) is 0. The molecule has 0 amide bonds. The van der Waals surface area contributed by atoms with Crippen LogP contribution in [-0.4, -0.2) is 38.3 Å². The Morgan fingerprint density at radius 2 is 1.23 bits per heavy atom. The molecule has 4 N–H and O–H groups in total. The molecule has 1 heterocycles. The molecule has 1 aliphatic heterocycles. The highest BCUT2D eigenvalue weighted by atomic mass is 16.6. The Hall–Kier alpha value is -3.42. The summed E-state index contributed by atoms with van der Waals surface area (Å²) in [5.41, 5.74) is 0.0976. The third-order valence-electron chi connectivity index (χ3n) is 8.17. The van der Waals surface area contributed by atoms with Gasteiger partial charge in [0.25, 0.3) is 0 Å². The van der Waals surface area contributed by atoms with Crippen molar-refractivity contribution in [1.82, 2.24) is 0 Å². The molecule has 238 valence electrons. The molecule has 2 aromatic carbocycles. The van der Waals surface area contributed by atoms with Gasteiger partial charge in [-0.05, 0) is 18.6 Å². The van der Waals surface area contributed by atoms with Gasteiger partial charge in [-0.3, -0.25) is 9.59 Å². The lowest BCUT2D eigenvalue weighted by Gasteiger charge is -2.32. The van der Waals surface area contributed by atoms with Gasteiger partial charge in [0.05, 0.1) is 0 Å². The number of phenols is 4. The Balaban J connectivity index is 1.35. The van der Waals surface area contributed by atoms with E-state index in [0.29, 0.717) is 6.42 Å². The standard InChI is InChI=1S/C35H50O8/c1-2-3-4-5-6-7-8-9-10-11-12-13-14-15-16-17-18-19-31(40)43-35-33(41)32-29(39)23-26(36)24-30(32)42-34(35)25-20-21-27(37)28(38)22-25/h20-24,34-39H,2-19H2,1H3/t34-,35+/m1/s1. The highest BCUT2D eigenvalue weighted by Crippen LogP contribution is 2.43. The molecular formula is C35H50O8. The van der Waals surface area contributed by atoms with Crippen molar-refractivity contribution in [3.8, 4) is 28.7 Å². The summed E-state index contributed by atoms with van der Waals surface area (Å²) in [4.78, 5) is 26.1. The van der Waals surface area contributed by atoms with Crippen LogP contribution in [0.5, 0.6) is 28.7 Å². The van der Waals surface area contributed by atoms with Crippen molar-refractivity contribution in [3.05, 3.63) is 41.5 Å². The van der Waals surface area contributed by atoms with Crippen LogP contribution in [0.1, 0.15) is 145 Å². The molecule has 3 rings (SSSR count). The molecule has 8 nitrogen and oxygen atoms in total. The predicted octanol–water partition coefficient (Wildman–Crippen LogP) is 8.78. The van der Waals surface area contributed by atoms with Crippen LogP contribution in [0.25, 0.3) is 0 Å². The van der Waals surface area contributed by atoms with Crippen molar-refractivity contribution in [2.75, 3.05) is 0 Å². The first-order valence-electron chi connectivity index (χ1n) is 16.3. The fourth-order valence-corrected chi connectivity index (χ4v) is 5.68. The van der Waals surface area contributed by atoms with Gasteiger partial charge in [-0.15, -0.1) is 0 Å². The van der Waals surface area contributed by atoms with Crippen molar-refractivity contribution in [1.29, 1.82) is 0 Å². The van der Waals surface area contributed by atoms with Crippen molar-refractivity contribution in [2.24, 2.45) is 0 Å². The van der Waals surface area contributed by atoms with Crippen LogP contribution in [0, 0.1) is 0 Å². The Kier molecular flexibility index (Phi) is 14.5. The largest absolute Gasteiger partial charge is 0.508 e. The van der Waals surface area contributed by atoms with Crippen LogP contribution in [-0.2, 0) is 9.53 Å². The van der Waals surface area contributed by atoms with Gasteiger partial charge >= 0.3 is 5.97 Å². The lowest BCUT2D eigenvalue weighted by Crippen LogP contribution is -2.40. The molecule has 0 saturated carbocycles. The Morgan fingerprint density at radius 3 is 1.77 bits per heavy atom. The molecule has 1 aliphatic rings. The Bertz CT molecular complexity index is 1160. The molecule has 0 bridgehead atoms. The summed E-state index contributed by atoms with van der Waals surface area (Å²) in [5, 5.41) is 39.8. The summed E-state index contributed by atoms with van der Waals surface area (Å²) in [5.74, 6) is -2.86. The zero-order valence-electron chi connectivity index (χ0n) is 25.7. The zero-order valence-corrected chi connectivity index (χ0v) is 25.7. The summed E-state index contributed by atoms with van der Waals surface area (Å²) in [6, 6.07) is 6.11. The molecule has 0 saturated heterocycles. The number of benzene rings is 2. The Labute approximate surface area is 256 Å². The SMILES string of the molecule is CCCCCCCCCCCCCCCCCCCC(=O)O[C@H]1C(=O)c2c(O)cc(O)cc2O[C@@H]1c1ccc(O)c(O)c1. The van der Waals surface area contributed by atoms with Gasteiger partial charge in [-0.2, -0.15) is 0 Å². The highest BCUT2D eigenvalue weighted by molar-refractivity contribution is 6.06. The third kappa shape index (κ3) is 11.0. The quantitative estimate of drug-likeness (QED) is 0.0675. The lowest BCUT2D eigenvalue weighted by molar-refractivity contribution is -0.151. The van der Waals surface area contributed by atoms with Crippen LogP contribution >= 0.6 is 0 Å². The van der Waals surface area contributed by atoms with Crippen LogP contribution in [0.2, 0.25) is 0 Å². The van der Waals surface area contributed by atoms with E-state index in [0.717, 1.165) is 25.3 Å². The summed E-state index contributed by atoms with van der Waals surface area (Å²) >= 11 is 0. The summed E-state index contributed by atoms with van der Waals surface area (Å²) in [6.07, 6.45) is 18.7. The molecule has 8 heteroatoms. The van der Waals surface area contributed by atoms with Crippen LogP contribution in [0.4, 0.5) is 0 Å². The molecule has 0 fully saturated rings. The van der Waals surface area contributed by atoms with E-state index in [1.54, 1.807) is 0 Å².